The Labute approximate surface area is 176 Å². The van der Waals surface area contributed by atoms with Crippen LogP contribution >= 0.6 is 11.3 Å². The van der Waals surface area contributed by atoms with Crippen LogP contribution in [0, 0.1) is 5.82 Å². The van der Waals surface area contributed by atoms with Gasteiger partial charge in [-0.25, -0.2) is 9.37 Å². The van der Waals surface area contributed by atoms with Gasteiger partial charge in [0.05, 0.1) is 25.3 Å². The fourth-order valence-electron chi connectivity index (χ4n) is 3.16. The molecule has 6 heteroatoms. The van der Waals surface area contributed by atoms with Crippen LogP contribution in [0.5, 0.6) is 0 Å². The molecular formula is C23H29FN3OS+. The van der Waals surface area contributed by atoms with Crippen LogP contribution in [-0.4, -0.2) is 38.1 Å². The van der Waals surface area contributed by atoms with Crippen LogP contribution in [0.15, 0.2) is 42.5 Å². The zero-order valence-electron chi connectivity index (χ0n) is 17.8. The molecule has 0 aliphatic carbocycles. The van der Waals surface area contributed by atoms with Gasteiger partial charge in [-0.1, -0.05) is 50.3 Å². The molecule has 0 unspecified atom stereocenters. The molecule has 1 amide bonds. The lowest BCUT2D eigenvalue weighted by molar-refractivity contribution is -0.858. The molecule has 0 aliphatic heterocycles. The first-order valence-electron chi connectivity index (χ1n) is 9.93. The van der Waals surface area contributed by atoms with Crippen molar-refractivity contribution in [3.63, 3.8) is 0 Å². The first-order chi connectivity index (χ1) is 13.7. The number of hydrogen-bond donors (Lipinski definition) is 1. The lowest BCUT2D eigenvalue weighted by Crippen LogP contribution is -3.05. The SMILES string of the molecule is C[NH+](C)CCCN(C(=O)c1ccc(C(C)(C)C)cc1)c1nc2c(F)cccc2s1. The number of amides is 1. The largest absolute Gasteiger partial charge is 0.340 e. The summed E-state index contributed by atoms with van der Waals surface area (Å²) in [5.74, 6) is -0.455. The molecule has 0 saturated carbocycles. The topological polar surface area (TPSA) is 37.6 Å². The molecule has 0 spiro atoms. The lowest BCUT2D eigenvalue weighted by Gasteiger charge is -2.22. The van der Waals surface area contributed by atoms with Crippen molar-refractivity contribution in [1.82, 2.24) is 4.98 Å². The zero-order valence-corrected chi connectivity index (χ0v) is 18.6. The highest BCUT2D eigenvalue weighted by Gasteiger charge is 2.23. The van der Waals surface area contributed by atoms with Crippen molar-refractivity contribution in [3.8, 4) is 0 Å². The Balaban J connectivity index is 1.93. The number of rotatable bonds is 6. The van der Waals surface area contributed by atoms with Gasteiger partial charge in [0.1, 0.15) is 11.3 Å². The highest BCUT2D eigenvalue weighted by atomic mass is 32.1. The third-order valence-corrected chi connectivity index (χ3v) is 5.93. The first-order valence-corrected chi connectivity index (χ1v) is 10.7. The molecule has 0 aliphatic rings. The van der Waals surface area contributed by atoms with Crippen LogP contribution < -0.4 is 9.80 Å². The summed E-state index contributed by atoms with van der Waals surface area (Å²) in [6.45, 7) is 7.93. The third kappa shape index (κ3) is 5.00. The summed E-state index contributed by atoms with van der Waals surface area (Å²) in [6, 6.07) is 12.7. The second-order valence-electron chi connectivity index (χ2n) is 8.68. The molecule has 0 saturated heterocycles. The minimum atomic E-state index is -0.357. The molecule has 154 valence electrons. The molecule has 3 aromatic rings. The van der Waals surface area contributed by atoms with E-state index in [4.69, 9.17) is 0 Å². The van der Waals surface area contributed by atoms with E-state index < -0.39 is 0 Å². The fraction of sp³-hybridized carbons (Fsp3) is 0.391. The molecule has 0 atom stereocenters. The number of hydrogen-bond acceptors (Lipinski definition) is 3. The van der Waals surface area contributed by atoms with Gasteiger partial charge in [0.15, 0.2) is 5.13 Å². The van der Waals surface area contributed by atoms with E-state index in [1.54, 1.807) is 11.0 Å². The molecule has 1 heterocycles. The smallest absolute Gasteiger partial charge is 0.260 e. The molecular weight excluding hydrogens is 385 g/mol. The Morgan fingerprint density at radius 2 is 1.83 bits per heavy atom. The Hall–Kier alpha value is -2.31. The molecule has 3 rings (SSSR count). The van der Waals surface area contributed by atoms with Crippen molar-refractivity contribution in [2.45, 2.75) is 32.6 Å². The van der Waals surface area contributed by atoms with Crippen LogP contribution in [0.2, 0.25) is 0 Å². The number of thiazole rings is 1. The number of carbonyl (C=O) groups excluding carboxylic acids is 1. The van der Waals surface area contributed by atoms with Gasteiger partial charge in [-0.05, 0) is 35.2 Å². The third-order valence-electron chi connectivity index (χ3n) is 4.89. The predicted molar refractivity (Wildman–Crippen MR) is 119 cm³/mol. The van der Waals surface area contributed by atoms with Gasteiger partial charge in [-0.2, -0.15) is 0 Å². The predicted octanol–water partition coefficient (Wildman–Crippen LogP) is 3.91. The van der Waals surface area contributed by atoms with Crippen LogP contribution in [0.1, 0.15) is 43.1 Å². The van der Waals surface area contributed by atoms with Gasteiger partial charge >= 0.3 is 0 Å². The van der Waals surface area contributed by atoms with E-state index in [0.29, 0.717) is 22.8 Å². The normalized spacial score (nSPS) is 12.0. The molecule has 4 nitrogen and oxygen atoms in total. The second-order valence-corrected chi connectivity index (χ2v) is 9.69. The number of nitrogens with one attached hydrogen (secondary N) is 1. The molecule has 0 bridgehead atoms. The number of benzene rings is 2. The van der Waals surface area contributed by atoms with Gasteiger partial charge in [-0.3, -0.25) is 9.69 Å². The van der Waals surface area contributed by atoms with Crippen LogP contribution in [0.3, 0.4) is 0 Å². The maximum atomic E-state index is 14.1. The molecule has 29 heavy (non-hydrogen) atoms. The Bertz CT molecular complexity index is 990. The monoisotopic (exact) mass is 414 g/mol. The maximum absolute atomic E-state index is 14.1. The van der Waals surface area contributed by atoms with Crippen molar-refractivity contribution in [2.75, 3.05) is 32.1 Å². The van der Waals surface area contributed by atoms with Gasteiger partial charge in [-0.15, -0.1) is 0 Å². The summed E-state index contributed by atoms with van der Waals surface area (Å²) in [7, 11) is 4.18. The zero-order chi connectivity index (χ0) is 21.2. The van der Waals surface area contributed by atoms with E-state index in [2.05, 4.69) is 39.9 Å². The van der Waals surface area contributed by atoms with E-state index in [1.807, 2.05) is 30.3 Å². The first kappa shape index (κ1) is 21.4. The summed E-state index contributed by atoms with van der Waals surface area (Å²) in [4.78, 5) is 20.8. The molecule has 1 N–H and O–H groups in total. The van der Waals surface area contributed by atoms with Crippen LogP contribution in [0.4, 0.5) is 9.52 Å². The number of anilines is 1. The second kappa shape index (κ2) is 8.59. The van der Waals surface area contributed by atoms with Gasteiger partial charge in [0, 0.05) is 18.5 Å². The highest BCUT2D eigenvalue weighted by Crippen LogP contribution is 2.31. The number of fused-ring (bicyclic) bond motifs is 1. The van der Waals surface area contributed by atoms with Gasteiger partial charge < -0.3 is 4.90 Å². The van der Waals surface area contributed by atoms with Gasteiger partial charge in [0.25, 0.3) is 5.91 Å². The van der Waals surface area contributed by atoms with Gasteiger partial charge in [0.2, 0.25) is 0 Å². The molecule has 0 fully saturated rings. The average molecular weight is 415 g/mol. The van der Waals surface area contributed by atoms with Crippen LogP contribution in [0.25, 0.3) is 10.2 Å². The Kier molecular flexibility index (Phi) is 6.34. The summed E-state index contributed by atoms with van der Waals surface area (Å²) in [5.41, 5.74) is 2.15. The minimum absolute atomic E-state index is 0.0281. The molecule has 0 radical (unpaired) electrons. The highest BCUT2D eigenvalue weighted by molar-refractivity contribution is 7.22. The van der Waals surface area contributed by atoms with E-state index in [1.165, 1.54) is 27.9 Å². The van der Waals surface area contributed by atoms with E-state index in [0.717, 1.165) is 17.7 Å². The Morgan fingerprint density at radius 1 is 1.14 bits per heavy atom. The number of halogens is 1. The van der Waals surface area contributed by atoms with Crippen molar-refractivity contribution >= 4 is 32.6 Å². The van der Waals surface area contributed by atoms with Crippen molar-refractivity contribution in [1.29, 1.82) is 0 Å². The summed E-state index contributed by atoms with van der Waals surface area (Å²) >= 11 is 1.36. The number of carbonyl (C=O) groups is 1. The fourth-order valence-corrected chi connectivity index (χ4v) is 4.17. The number of nitrogens with zero attached hydrogens (tertiary/aromatic N) is 2. The number of quaternary nitrogens is 1. The Morgan fingerprint density at radius 3 is 2.41 bits per heavy atom. The quantitative estimate of drug-likeness (QED) is 0.664. The van der Waals surface area contributed by atoms with E-state index >= 15 is 0 Å². The average Bonchev–Trinajstić information content (AvgIpc) is 3.09. The van der Waals surface area contributed by atoms with E-state index in [-0.39, 0.29) is 17.1 Å². The summed E-state index contributed by atoms with van der Waals surface area (Å²) < 4.78 is 14.9. The van der Waals surface area contributed by atoms with Crippen molar-refractivity contribution in [3.05, 3.63) is 59.4 Å². The number of para-hydroxylation sites is 1. The standard InChI is InChI=1S/C23H28FN3OS/c1-23(2,3)17-12-10-16(11-13-17)21(28)27(15-7-14-26(4)5)22-25-20-18(24)8-6-9-19(20)29-22/h6,8-13H,7,14-15H2,1-5H3/p+1. The van der Waals surface area contributed by atoms with E-state index in [9.17, 15) is 9.18 Å². The summed E-state index contributed by atoms with van der Waals surface area (Å²) in [5, 5.41) is 0.545. The maximum Gasteiger partial charge on any atom is 0.260 e. The minimum Gasteiger partial charge on any atom is -0.340 e. The van der Waals surface area contributed by atoms with Crippen LogP contribution in [-0.2, 0) is 5.41 Å². The number of aromatic nitrogens is 1. The molecule has 2 aromatic carbocycles. The van der Waals surface area contributed by atoms with Crippen molar-refractivity contribution < 1.29 is 14.1 Å². The lowest BCUT2D eigenvalue weighted by atomic mass is 9.86. The van der Waals surface area contributed by atoms with Crippen molar-refractivity contribution in [2.24, 2.45) is 0 Å². The summed E-state index contributed by atoms with van der Waals surface area (Å²) in [6.07, 6.45) is 0.840. The molecule has 1 aromatic heterocycles.